The lowest BCUT2D eigenvalue weighted by Gasteiger charge is -2.15. The second-order valence-electron chi connectivity index (χ2n) is 3.12. The molecule has 0 spiro atoms. The van der Waals surface area contributed by atoms with Crippen molar-refractivity contribution in [3.63, 3.8) is 0 Å². The van der Waals surface area contributed by atoms with Crippen LogP contribution in [0.15, 0.2) is 4.99 Å². The van der Waals surface area contributed by atoms with Gasteiger partial charge in [0, 0.05) is 12.5 Å². The molecule has 4 heteroatoms. The molecule has 0 aromatic rings. The number of aliphatic imine (C=N–C) groups is 1. The standard InChI is InChI=1S/C7H10N2OS/c1-4-9-3-5-2-7(5,11-4)6(8)10/h5H,2-3H2,1H3,(H2,8,10). The summed E-state index contributed by atoms with van der Waals surface area (Å²) in [4.78, 5) is 15.3. The molecular formula is C7H10N2OS. The van der Waals surface area contributed by atoms with Crippen molar-refractivity contribution in [2.24, 2.45) is 16.6 Å². The maximum atomic E-state index is 11.0. The zero-order chi connectivity index (χ0) is 8.06. The van der Waals surface area contributed by atoms with Gasteiger partial charge >= 0.3 is 0 Å². The molecule has 2 aliphatic rings. The van der Waals surface area contributed by atoms with Crippen LogP contribution < -0.4 is 5.73 Å². The molecule has 2 atom stereocenters. The van der Waals surface area contributed by atoms with Gasteiger partial charge in [-0.15, -0.1) is 0 Å². The molecule has 1 heterocycles. The molecule has 0 bridgehead atoms. The van der Waals surface area contributed by atoms with Crippen molar-refractivity contribution in [3.8, 4) is 0 Å². The van der Waals surface area contributed by atoms with E-state index in [0.29, 0.717) is 5.92 Å². The van der Waals surface area contributed by atoms with Crippen LogP contribution in [0, 0.1) is 5.92 Å². The normalized spacial score (nSPS) is 40.8. The van der Waals surface area contributed by atoms with Crippen molar-refractivity contribution in [3.05, 3.63) is 0 Å². The third-order valence-corrected chi connectivity index (χ3v) is 3.82. The molecule has 1 fully saturated rings. The summed E-state index contributed by atoms with van der Waals surface area (Å²) >= 11 is 1.55. The topological polar surface area (TPSA) is 55.4 Å². The van der Waals surface area contributed by atoms with Crippen molar-refractivity contribution in [1.29, 1.82) is 0 Å². The summed E-state index contributed by atoms with van der Waals surface area (Å²) in [7, 11) is 0. The third kappa shape index (κ3) is 0.888. The first kappa shape index (κ1) is 7.16. The zero-order valence-corrected chi connectivity index (χ0v) is 7.15. The number of hydrogen-bond acceptors (Lipinski definition) is 3. The number of rotatable bonds is 1. The summed E-state index contributed by atoms with van der Waals surface area (Å²) in [5, 5.41) is 0.998. The summed E-state index contributed by atoms with van der Waals surface area (Å²) in [6, 6.07) is 0. The number of primary amides is 1. The molecule has 1 aliphatic heterocycles. The number of hydrogen-bond donors (Lipinski definition) is 1. The summed E-state index contributed by atoms with van der Waals surface area (Å²) in [5.41, 5.74) is 5.29. The molecule has 11 heavy (non-hydrogen) atoms. The van der Waals surface area contributed by atoms with Crippen LogP contribution in [0.1, 0.15) is 13.3 Å². The Bertz CT molecular complexity index is 251. The van der Waals surface area contributed by atoms with Crippen molar-refractivity contribution < 1.29 is 4.79 Å². The van der Waals surface area contributed by atoms with Crippen LogP contribution in [-0.4, -0.2) is 22.2 Å². The molecule has 2 rings (SSSR count). The highest BCUT2D eigenvalue weighted by molar-refractivity contribution is 8.16. The van der Waals surface area contributed by atoms with Gasteiger partial charge in [0.05, 0.1) is 5.04 Å². The molecular weight excluding hydrogens is 160 g/mol. The van der Waals surface area contributed by atoms with Gasteiger partial charge in [-0.3, -0.25) is 9.79 Å². The number of amides is 1. The van der Waals surface area contributed by atoms with Gasteiger partial charge in [-0.1, -0.05) is 11.8 Å². The molecule has 0 aromatic carbocycles. The van der Waals surface area contributed by atoms with Gasteiger partial charge in [0.15, 0.2) is 0 Å². The fourth-order valence-corrected chi connectivity index (χ4v) is 2.82. The van der Waals surface area contributed by atoms with Crippen molar-refractivity contribution in [2.75, 3.05) is 6.54 Å². The highest BCUT2D eigenvalue weighted by Gasteiger charge is 2.61. The van der Waals surface area contributed by atoms with Crippen LogP contribution in [0.3, 0.4) is 0 Å². The number of nitrogens with two attached hydrogens (primary N) is 1. The van der Waals surface area contributed by atoms with Crippen LogP contribution in [0.5, 0.6) is 0 Å². The summed E-state index contributed by atoms with van der Waals surface area (Å²) in [6.45, 7) is 2.73. The van der Waals surface area contributed by atoms with E-state index in [-0.39, 0.29) is 10.7 Å². The summed E-state index contributed by atoms with van der Waals surface area (Å²) in [6.07, 6.45) is 0.924. The van der Waals surface area contributed by atoms with E-state index >= 15 is 0 Å². The smallest absolute Gasteiger partial charge is 0.234 e. The fourth-order valence-electron chi connectivity index (χ4n) is 1.53. The molecule has 0 saturated heterocycles. The van der Waals surface area contributed by atoms with E-state index in [1.54, 1.807) is 11.8 Å². The molecule has 1 saturated carbocycles. The highest BCUT2D eigenvalue weighted by Crippen LogP contribution is 2.56. The lowest BCUT2D eigenvalue weighted by atomic mass is 10.3. The highest BCUT2D eigenvalue weighted by atomic mass is 32.2. The Labute approximate surface area is 69.4 Å². The van der Waals surface area contributed by atoms with Gasteiger partial charge in [0.1, 0.15) is 4.75 Å². The number of carbonyl (C=O) groups is 1. The maximum absolute atomic E-state index is 11.0. The molecule has 1 aliphatic carbocycles. The summed E-state index contributed by atoms with van der Waals surface area (Å²) < 4.78 is -0.258. The largest absolute Gasteiger partial charge is 0.368 e. The van der Waals surface area contributed by atoms with Crippen LogP contribution in [-0.2, 0) is 4.79 Å². The first-order chi connectivity index (χ1) is 5.15. The molecule has 2 unspecified atom stereocenters. The van der Waals surface area contributed by atoms with Crippen LogP contribution in [0.4, 0.5) is 0 Å². The SMILES string of the molecule is CC1=NCC2CC2(C(N)=O)S1. The van der Waals surface area contributed by atoms with Crippen LogP contribution in [0.2, 0.25) is 0 Å². The van der Waals surface area contributed by atoms with E-state index in [1.165, 1.54) is 0 Å². The number of nitrogens with zero attached hydrogens (tertiary/aromatic N) is 1. The first-order valence-electron chi connectivity index (χ1n) is 3.65. The van der Waals surface area contributed by atoms with E-state index in [4.69, 9.17) is 5.73 Å². The van der Waals surface area contributed by atoms with E-state index in [0.717, 1.165) is 18.0 Å². The summed E-state index contributed by atoms with van der Waals surface area (Å²) in [5.74, 6) is 0.260. The monoisotopic (exact) mass is 170 g/mol. The second kappa shape index (κ2) is 2.00. The molecule has 0 aromatic heterocycles. The average molecular weight is 170 g/mol. The quantitative estimate of drug-likeness (QED) is 0.619. The predicted molar refractivity (Wildman–Crippen MR) is 45.6 cm³/mol. The second-order valence-corrected chi connectivity index (χ2v) is 4.64. The first-order valence-corrected chi connectivity index (χ1v) is 4.47. The number of carbonyl (C=O) groups excluding carboxylic acids is 1. The van der Waals surface area contributed by atoms with Crippen molar-refractivity contribution >= 4 is 22.7 Å². The van der Waals surface area contributed by atoms with E-state index in [9.17, 15) is 4.79 Å². The Morgan fingerprint density at radius 3 is 3.18 bits per heavy atom. The molecule has 3 nitrogen and oxygen atoms in total. The molecule has 0 radical (unpaired) electrons. The molecule has 60 valence electrons. The average Bonchev–Trinajstić information content (AvgIpc) is 2.62. The van der Waals surface area contributed by atoms with E-state index in [2.05, 4.69) is 4.99 Å². The van der Waals surface area contributed by atoms with Crippen molar-refractivity contribution in [1.82, 2.24) is 0 Å². The number of fused-ring (bicyclic) bond motifs is 1. The van der Waals surface area contributed by atoms with Gasteiger partial charge < -0.3 is 5.73 Å². The lowest BCUT2D eigenvalue weighted by molar-refractivity contribution is -0.118. The van der Waals surface area contributed by atoms with Crippen LogP contribution >= 0.6 is 11.8 Å². The minimum atomic E-state index is -0.258. The fraction of sp³-hybridized carbons (Fsp3) is 0.714. The predicted octanol–water partition coefficient (Wildman–Crippen LogP) is 0.396. The van der Waals surface area contributed by atoms with E-state index < -0.39 is 0 Å². The Hall–Kier alpha value is -0.510. The zero-order valence-electron chi connectivity index (χ0n) is 6.33. The Balaban J connectivity index is 2.22. The van der Waals surface area contributed by atoms with E-state index in [1.807, 2.05) is 6.92 Å². The van der Waals surface area contributed by atoms with Crippen LogP contribution in [0.25, 0.3) is 0 Å². The minimum absolute atomic E-state index is 0.165. The third-order valence-electron chi connectivity index (χ3n) is 2.33. The molecule has 1 amide bonds. The lowest BCUT2D eigenvalue weighted by Crippen LogP contribution is -2.32. The Kier molecular flexibility index (Phi) is 1.30. The molecule has 2 N–H and O–H groups in total. The van der Waals surface area contributed by atoms with Gasteiger partial charge in [-0.05, 0) is 13.3 Å². The van der Waals surface area contributed by atoms with Gasteiger partial charge in [-0.25, -0.2) is 0 Å². The van der Waals surface area contributed by atoms with Gasteiger partial charge in [0.25, 0.3) is 0 Å². The Morgan fingerprint density at radius 1 is 1.91 bits per heavy atom. The van der Waals surface area contributed by atoms with Gasteiger partial charge in [0.2, 0.25) is 5.91 Å². The Morgan fingerprint density at radius 2 is 2.64 bits per heavy atom. The maximum Gasteiger partial charge on any atom is 0.234 e. The number of thioether (sulfide) groups is 1. The van der Waals surface area contributed by atoms with Crippen molar-refractivity contribution in [2.45, 2.75) is 18.1 Å². The minimum Gasteiger partial charge on any atom is -0.368 e. The van der Waals surface area contributed by atoms with Gasteiger partial charge in [-0.2, -0.15) is 0 Å².